The van der Waals surface area contributed by atoms with Crippen molar-refractivity contribution < 1.29 is 9.47 Å². The maximum absolute atomic E-state index is 5.83. The Morgan fingerprint density at radius 2 is 2.33 bits per heavy atom. The van der Waals surface area contributed by atoms with Crippen molar-refractivity contribution in [1.82, 2.24) is 5.32 Å². The zero-order valence-electron chi connectivity index (χ0n) is 9.25. The smallest absolute Gasteiger partial charge is 0.119 e. The molecule has 1 heterocycles. The van der Waals surface area contributed by atoms with Gasteiger partial charge in [0.15, 0.2) is 0 Å². The Morgan fingerprint density at radius 3 is 3.00 bits per heavy atom. The molecule has 0 aromatic heterocycles. The molecule has 1 atom stereocenters. The summed E-state index contributed by atoms with van der Waals surface area (Å²) in [5, 5.41) is 3.35. The largest absolute Gasteiger partial charge is 0.497 e. The monoisotopic (exact) mass is 207 g/mol. The van der Waals surface area contributed by atoms with Gasteiger partial charge in [0.25, 0.3) is 0 Å². The van der Waals surface area contributed by atoms with Crippen LogP contribution in [0.1, 0.15) is 12.5 Å². The number of nitrogens with one attached hydrogen (secondary N) is 1. The van der Waals surface area contributed by atoms with Crippen molar-refractivity contribution in [3.8, 4) is 5.75 Å². The molecular weight excluding hydrogens is 190 g/mol. The van der Waals surface area contributed by atoms with Crippen molar-refractivity contribution in [3.05, 3.63) is 29.8 Å². The Kier molecular flexibility index (Phi) is 2.93. The van der Waals surface area contributed by atoms with Crippen LogP contribution in [0, 0.1) is 0 Å². The molecule has 0 amide bonds. The van der Waals surface area contributed by atoms with Gasteiger partial charge in [0.2, 0.25) is 0 Å². The quantitative estimate of drug-likeness (QED) is 0.797. The lowest BCUT2D eigenvalue weighted by Crippen LogP contribution is -2.45. The molecule has 1 N–H and O–H groups in total. The van der Waals surface area contributed by atoms with Gasteiger partial charge in [0.1, 0.15) is 11.4 Å². The van der Waals surface area contributed by atoms with Crippen molar-refractivity contribution in [2.45, 2.75) is 12.5 Å². The van der Waals surface area contributed by atoms with Crippen molar-refractivity contribution in [2.24, 2.45) is 0 Å². The second kappa shape index (κ2) is 4.21. The first kappa shape index (κ1) is 10.5. The van der Waals surface area contributed by atoms with E-state index in [4.69, 9.17) is 9.47 Å². The van der Waals surface area contributed by atoms with E-state index in [0.717, 1.165) is 31.0 Å². The number of hydrogen-bond donors (Lipinski definition) is 1. The van der Waals surface area contributed by atoms with E-state index in [1.54, 1.807) is 7.11 Å². The molecule has 3 nitrogen and oxygen atoms in total. The predicted molar refractivity (Wildman–Crippen MR) is 59.2 cm³/mol. The van der Waals surface area contributed by atoms with E-state index < -0.39 is 0 Å². The van der Waals surface area contributed by atoms with Crippen LogP contribution in [0.5, 0.6) is 5.75 Å². The maximum atomic E-state index is 5.83. The van der Waals surface area contributed by atoms with Crippen LogP contribution in [0.25, 0.3) is 0 Å². The van der Waals surface area contributed by atoms with Crippen LogP contribution in [0.15, 0.2) is 24.3 Å². The van der Waals surface area contributed by atoms with Gasteiger partial charge in [-0.25, -0.2) is 0 Å². The fraction of sp³-hybridized carbons (Fsp3) is 0.500. The molecule has 0 radical (unpaired) electrons. The average molecular weight is 207 g/mol. The first-order chi connectivity index (χ1) is 7.24. The highest BCUT2D eigenvalue weighted by molar-refractivity contribution is 5.32. The molecule has 3 heteroatoms. The summed E-state index contributed by atoms with van der Waals surface area (Å²) in [6, 6.07) is 8.06. The lowest BCUT2D eigenvalue weighted by molar-refractivity contribution is -0.0573. The van der Waals surface area contributed by atoms with Gasteiger partial charge in [-0.1, -0.05) is 12.1 Å². The third-order valence-corrected chi connectivity index (χ3v) is 2.84. The molecule has 1 aromatic carbocycles. The Balaban J connectivity index is 2.26. The normalized spacial score (nSPS) is 26.3. The van der Waals surface area contributed by atoms with Crippen molar-refractivity contribution >= 4 is 0 Å². The minimum atomic E-state index is -0.229. The zero-order valence-corrected chi connectivity index (χ0v) is 9.25. The highest BCUT2D eigenvalue weighted by Gasteiger charge is 2.29. The Labute approximate surface area is 90.4 Å². The number of benzene rings is 1. The fourth-order valence-electron chi connectivity index (χ4n) is 1.86. The third-order valence-electron chi connectivity index (χ3n) is 2.84. The van der Waals surface area contributed by atoms with Crippen LogP contribution in [-0.2, 0) is 10.3 Å². The summed E-state index contributed by atoms with van der Waals surface area (Å²) in [5.74, 6) is 0.878. The number of rotatable bonds is 2. The van der Waals surface area contributed by atoms with Crippen molar-refractivity contribution in [2.75, 3.05) is 26.8 Å². The summed E-state index contributed by atoms with van der Waals surface area (Å²) < 4.78 is 11.0. The van der Waals surface area contributed by atoms with Crippen LogP contribution in [0.4, 0.5) is 0 Å². The van der Waals surface area contributed by atoms with Gasteiger partial charge in [-0.05, 0) is 24.6 Å². The molecule has 1 aromatic rings. The summed E-state index contributed by atoms with van der Waals surface area (Å²) in [7, 11) is 1.68. The van der Waals surface area contributed by atoms with E-state index in [2.05, 4.69) is 18.3 Å². The van der Waals surface area contributed by atoms with Gasteiger partial charge in [0.05, 0.1) is 13.7 Å². The first-order valence-electron chi connectivity index (χ1n) is 5.24. The van der Waals surface area contributed by atoms with Crippen LogP contribution in [0.2, 0.25) is 0 Å². The van der Waals surface area contributed by atoms with E-state index in [0.29, 0.717) is 0 Å². The van der Waals surface area contributed by atoms with Crippen LogP contribution >= 0.6 is 0 Å². The molecule has 1 unspecified atom stereocenters. The Hall–Kier alpha value is -1.06. The van der Waals surface area contributed by atoms with Crippen molar-refractivity contribution in [1.29, 1.82) is 0 Å². The molecular formula is C12H17NO2. The number of hydrogen-bond acceptors (Lipinski definition) is 3. The number of ether oxygens (including phenoxy) is 2. The second-order valence-corrected chi connectivity index (χ2v) is 3.99. The summed E-state index contributed by atoms with van der Waals surface area (Å²) >= 11 is 0. The highest BCUT2D eigenvalue weighted by atomic mass is 16.5. The summed E-state index contributed by atoms with van der Waals surface area (Å²) in [5.41, 5.74) is 0.932. The lowest BCUT2D eigenvalue weighted by atomic mass is 9.94. The molecule has 1 aliphatic rings. The topological polar surface area (TPSA) is 30.5 Å². The molecule has 82 valence electrons. The van der Waals surface area contributed by atoms with Crippen LogP contribution in [-0.4, -0.2) is 26.8 Å². The molecule has 15 heavy (non-hydrogen) atoms. The minimum absolute atomic E-state index is 0.229. The Morgan fingerprint density at radius 1 is 1.47 bits per heavy atom. The van der Waals surface area contributed by atoms with Gasteiger partial charge < -0.3 is 14.8 Å². The fourth-order valence-corrected chi connectivity index (χ4v) is 1.86. The first-order valence-corrected chi connectivity index (χ1v) is 5.24. The van der Waals surface area contributed by atoms with Crippen molar-refractivity contribution in [3.63, 3.8) is 0 Å². The van der Waals surface area contributed by atoms with Gasteiger partial charge in [0, 0.05) is 13.1 Å². The van der Waals surface area contributed by atoms with E-state index >= 15 is 0 Å². The molecule has 0 saturated carbocycles. The van der Waals surface area contributed by atoms with Gasteiger partial charge in [-0.15, -0.1) is 0 Å². The van der Waals surface area contributed by atoms with Gasteiger partial charge in [-0.3, -0.25) is 0 Å². The lowest BCUT2D eigenvalue weighted by Gasteiger charge is -2.35. The minimum Gasteiger partial charge on any atom is -0.497 e. The summed E-state index contributed by atoms with van der Waals surface area (Å²) in [6.45, 7) is 4.64. The van der Waals surface area contributed by atoms with E-state index in [9.17, 15) is 0 Å². The standard InChI is InChI=1S/C12H17NO2/c1-12(9-13-6-7-15-12)10-4-3-5-11(8-10)14-2/h3-5,8,13H,6-7,9H2,1-2H3. The number of methoxy groups -OCH3 is 1. The molecule has 1 saturated heterocycles. The van der Waals surface area contributed by atoms with E-state index in [1.807, 2.05) is 18.2 Å². The second-order valence-electron chi connectivity index (χ2n) is 3.99. The molecule has 0 spiro atoms. The maximum Gasteiger partial charge on any atom is 0.119 e. The predicted octanol–water partition coefficient (Wildman–Crippen LogP) is 1.53. The molecule has 0 bridgehead atoms. The Bertz CT molecular complexity index is 332. The van der Waals surface area contributed by atoms with Crippen LogP contribution < -0.4 is 10.1 Å². The molecule has 1 fully saturated rings. The molecule has 1 aliphatic heterocycles. The highest BCUT2D eigenvalue weighted by Crippen LogP contribution is 2.28. The van der Waals surface area contributed by atoms with E-state index in [1.165, 1.54) is 0 Å². The molecule has 0 aliphatic carbocycles. The SMILES string of the molecule is COc1cccc(C2(C)CNCCO2)c1. The van der Waals surface area contributed by atoms with Crippen LogP contribution in [0.3, 0.4) is 0 Å². The van der Waals surface area contributed by atoms with E-state index in [-0.39, 0.29) is 5.60 Å². The summed E-state index contributed by atoms with van der Waals surface area (Å²) in [6.07, 6.45) is 0. The number of morpholine rings is 1. The van der Waals surface area contributed by atoms with Gasteiger partial charge >= 0.3 is 0 Å². The summed E-state index contributed by atoms with van der Waals surface area (Å²) in [4.78, 5) is 0. The molecule has 2 rings (SSSR count). The average Bonchev–Trinajstić information content (AvgIpc) is 2.30. The zero-order chi connectivity index (χ0) is 10.7. The third kappa shape index (κ3) is 2.13. The van der Waals surface area contributed by atoms with Gasteiger partial charge in [-0.2, -0.15) is 0 Å².